The Morgan fingerprint density at radius 2 is 1.79 bits per heavy atom. The second kappa shape index (κ2) is 11.8. The van der Waals surface area contributed by atoms with E-state index in [9.17, 15) is 9.59 Å². The average Bonchev–Trinajstić information content (AvgIpc) is 2.69. The van der Waals surface area contributed by atoms with Crippen molar-refractivity contribution in [2.24, 2.45) is 17.8 Å². The predicted molar refractivity (Wildman–Crippen MR) is 114 cm³/mol. The van der Waals surface area contributed by atoms with Gasteiger partial charge in [-0.1, -0.05) is 27.7 Å². The van der Waals surface area contributed by atoms with Crippen LogP contribution in [0.3, 0.4) is 0 Å². The number of likely N-dealkylation sites (tertiary alicyclic amines) is 1. The molecule has 0 aromatic carbocycles. The highest BCUT2D eigenvalue weighted by Gasteiger charge is 2.30. The zero-order valence-corrected chi connectivity index (χ0v) is 18.7. The van der Waals surface area contributed by atoms with Crippen LogP contribution in [-0.2, 0) is 9.59 Å². The largest absolute Gasteiger partial charge is 0.354 e. The van der Waals surface area contributed by atoms with E-state index in [1.54, 1.807) is 4.90 Å². The van der Waals surface area contributed by atoms with Crippen LogP contribution in [0, 0.1) is 17.8 Å². The van der Waals surface area contributed by atoms with Gasteiger partial charge in [-0.15, -0.1) is 0 Å². The van der Waals surface area contributed by atoms with Crippen LogP contribution in [0.4, 0.5) is 0 Å². The van der Waals surface area contributed by atoms with Crippen LogP contribution in [0.5, 0.6) is 0 Å². The highest BCUT2D eigenvalue weighted by atomic mass is 16.2. The quantitative estimate of drug-likeness (QED) is 0.526. The summed E-state index contributed by atoms with van der Waals surface area (Å²) in [5, 5.41) is 6.14. The Balaban J connectivity index is 1.73. The van der Waals surface area contributed by atoms with Crippen LogP contribution in [0.1, 0.15) is 85.5 Å². The summed E-state index contributed by atoms with van der Waals surface area (Å²) in [5.41, 5.74) is 0. The molecule has 28 heavy (non-hydrogen) atoms. The van der Waals surface area contributed by atoms with Gasteiger partial charge in [0.05, 0.1) is 19.1 Å². The molecule has 3 atom stereocenters. The van der Waals surface area contributed by atoms with Gasteiger partial charge in [-0.25, -0.2) is 0 Å². The minimum atomic E-state index is -0.419. The van der Waals surface area contributed by atoms with E-state index in [2.05, 4.69) is 24.5 Å². The molecule has 2 fully saturated rings. The lowest BCUT2D eigenvalue weighted by Gasteiger charge is -2.32. The van der Waals surface area contributed by atoms with Gasteiger partial charge in [0.2, 0.25) is 11.8 Å². The van der Waals surface area contributed by atoms with Gasteiger partial charge in [-0.05, 0) is 63.2 Å². The number of amides is 2. The SMILES string of the molecule is CC[C@H]1CCCC[NH+]1CCCNC(=O)[C@H](NC(=O)C1CCC(C)CC1)C(C)C. The van der Waals surface area contributed by atoms with E-state index in [1.165, 1.54) is 32.2 Å². The smallest absolute Gasteiger partial charge is 0.242 e. The number of hydrogen-bond acceptors (Lipinski definition) is 2. The standard InChI is InChI=1S/C23H43N3O2/c1-5-20-9-6-7-15-26(20)16-8-14-24-23(28)21(17(2)3)25-22(27)19-12-10-18(4)11-13-19/h17-21H,5-16H2,1-4H3,(H,24,28)(H,25,27)/p+1/t18?,19?,20-,21+/m0/s1. The molecule has 2 amide bonds. The van der Waals surface area contributed by atoms with E-state index in [0.717, 1.165) is 50.6 Å². The predicted octanol–water partition coefficient (Wildman–Crippen LogP) is 2.31. The van der Waals surface area contributed by atoms with Crippen LogP contribution in [0.15, 0.2) is 0 Å². The second-order valence-electron chi connectivity index (χ2n) is 9.59. The highest BCUT2D eigenvalue weighted by Crippen LogP contribution is 2.28. The maximum atomic E-state index is 12.7. The highest BCUT2D eigenvalue weighted by molar-refractivity contribution is 5.88. The van der Waals surface area contributed by atoms with Crippen molar-refractivity contribution in [1.29, 1.82) is 0 Å². The Kier molecular flexibility index (Phi) is 9.76. The summed E-state index contributed by atoms with van der Waals surface area (Å²) in [6.07, 6.45) is 10.5. The molecule has 2 rings (SSSR count). The Morgan fingerprint density at radius 3 is 2.43 bits per heavy atom. The van der Waals surface area contributed by atoms with Crippen molar-refractivity contribution < 1.29 is 14.5 Å². The number of piperidine rings is 1. The van der Waals surface area contributed by atoms with E-state index < -0.39 is 6.04 Å². The lowest BCUT2D eigenvalue weighted by atomic mass is 9.82. The summed E-state index contributed by atoms with van der Waals surface area (Å²) in [6, 6.07) is 0.378. The summed E-state index contributed by atoms with van der Waals surface area (Å²) < 4.78 is 0. The number of carbonyl (C=O) groups excluding carboxylic acids is 2. The Hall–Kier alpha value is -1.10. The van der Waals surface area contributed by atoms with Gasteiger partial charge >= 0.3 is 0 Å². The molecule has 0 aromatic heterocycles. The first-order valence-electron chi connectivity index (χ1n) is 11.8. The Labute approximate surface area is 172 Å². The molecule has 1 heterocycles. The number of quaternary nitrogens is 1. The van der Waals surface area contributed by atoms with Crippen LogP contribution in [0.25, 0.3) is 0 Å². The molecule has 5 nitrogen and oxygen atoms in total. The molecule has 1 saturated carbocycles. The average molecular weight is 395 g/mol. The number of nitrogens with one attached hydrogen (secondary N) is 3. The zero-order valence-electron chi connectivity index (χ0n) is 18.7. The normalized spacial score (nSPS) is 29.3. The van der Waals surface area contributed by atoms with Gasteiger partial charge in [0, 0.05) is 18.9 Å². The molecule has 5 heteroatoms. The molecule has 3 N–H and O–H groups in total. The van der Waals surface area contributed by atoms with Crippen LogP contribution >= 0.6 is 0 Å². The van der Waals surface area contributed by atoms with Gasteiger partial charge in [-0.3, -0.25) is 9.59 Å². The summed E-state index contributed by atoms with van der Waals surface area (Å²) in [5.74, 6) is 0.961. The molecule has 0 bridgehead atoms. The number of rotatable bonds is 9. The van der Waals surface area contributed by atoms with Crippen molar-refractivity contribution in [2.45, 2.75) is 97.6 Å². The summed E-state index contributed by atoms with van der Waals surface area (Å²) >= 11 is 0. The van der Waals surface area contributed by atoms with E-state index in [-0.39, 0.29) is 23.7 Å². The topological polar surface area (TPSA) is 62.6 Å². The number of carbonyl (C=O) groups is 2. The summed E-state index contributed by atoms with van der Waals surface area (Å²) in [6.45, 7) is 11.7. The monoisotopic (exact) mass is 394 g/mol. The molecule has 1 aliphatic heterocycles. The van der Waals surface area contributed by atoms with E-state index in [1.807, 2.05) is 13.8 Å². The van der Waals surface area contributed by atoms with Crippen LogP contribution in [-0.4, -0.2) is 43.5 Å². The van der Waals surface area contributed by atoms with Gasteiger partial charge in [-0.2, -0.15) is 0 Å². The second-order valence-corrected chi connectivity index (χ2v) is 9.59. The summed E-state index contributed by atoms with van der Waals surface area (Å²) in [4.78, 5) is 27.0. The van der Waals surface area contributed by atoms with Gasteiger partial charge < -0.3 is 15.5 Å². The van der Waals surface area contributed by atoms with Crippen molar-refractivity contribution >= 4 is 11.8 Å². The fourth-order valence-corrected chi connectivity index (χ4v) is 4.94. The van der Waals surface area contributed by atoms with Crippen LogP contribution in [0.2, 0.25) is 0 Å². The fourth-order valence-electron chi connectivity index (χ4n) is 4.94. The first-order chi connectivity index (χ1) is 13.4. The molecule has 2 aliphatic rings. The Bertz CT molecular complexity index is 486. The zero-order chi connectivity index (χ0) is 20.5. The van der Waals surface area contributed by atoms with E-state index in [0.29, 0.717) is 6.54 Å². The van der Waals surface area contributed by atoms with E-state index in [4.69, 9.17) is 0 Å². The molecule has 1 unspecified atom stereocenters. The maximum Gasteiger partial charge on any atom is 0.242 e. The number of hydrogen-bond donors (Lipinski definition) is 3. The summed E-state index contributed by atoms with van der Waals surface area (Å²) in [7, 11) is 0. The van der Waals surface area contributed by atoms with Gasteiger partial charge in [0.15, 0.2) is 0 Å². The molecular weight excluding hydrogens is 350 g/mol. The third-order valence-electron chi connectivity index (χ3n) is 6.98. The minimum absolute atomic E-state index is 0.0202. The van der Waals surface area contributed by atoms with Crippen LogP contribution < -0.4 is 15.5 Å². The molecule has 0 radical (unpaired) electrons. The molecule has 162 valence electrons. The molecule has 1 aliphatic carbocycles. The molecule has 0 aromatic rings. The fraction of sp³-hybridized carbons (Fsp3) is 0.913. The third kappa shape index (κ3) is 7.06. The van der Waals surface area contributed by atoms with Crippen molar-refractivity contribution in [2.75, 3.05) is 19.6 Å². The third-order valence-corrected chi connectivity index (χ3v) is 6.98. The van der Waals surface area contributed by atoms with Crippen molar-refractivity contribution in [3.8, 4) is 0 Å². The van der Waals surface area contributed by atoms with Crippen molar-refractivity contribution in [3.05, 3.63) is 0 Å². The lowest BCUT2D eigenvalue weighted by molar-refractivity contribution is -0.930. The van der Waals surface area contributed by atoms with Gasteiger partial charge in [0.1, 0.15) is 6.04 Å². The van der Waals surface area contributed by atoms with Crippen molar-refractivity contribution in [3.63, 3.8) is 0 Å². The van der Waals surface area contributed by atoms with Gasteiger partial charge in [0.25, 0.3) is 0 Å². The van der Waals surface area contributed by atoms with E-state index >= 15 is 0 Å². The Morgan fingerprint density at radius 1 is 1.07 bits per heavy atom. The lowest BCUT2D eigenvalue weighted by Crippen LogP contribution is -3.16. The molecule has 1 saturated heterocycles. The minimum Gasteiger partial charge on any atom is -0.354 e. The molecule has 0 spiro atoms. The first kappa shape index (κ1) is 23.2. The van der Waals surface area contributed by atoms with Crippen molar-refractivity contribution in [1.82, 2.24) is 10.6 Å². The molecular formula is C23H44N3O2+. The maximum absolute atomic E-state index is 12.7. The first-order valence-corrected chi connectivity index (χ1v) is 11.8.